The number of hydrogen-bond acceptors (Lipinski definition) is 5. The zero-order valence-corrected chi connectivity index (χ0v) is 16.9. The van der Waals surface area contributed by atoms with Crippen LogP contribution in [0.15, 0.2) is 36.4 Å². The molecule has 0 amide bonds. The Kier molecular flexibility index (Phi) is 5.43. The highest BCUT2D eigenvalue weighted by atomic mass is 32.1. The van der Waals surface area contributed by atoms with Crippen molar-refractivity contribution in [2.75, 3.05) is 27.6 Å². The molecule has 1 saturated heterocycles. The van der Waals surface area contributed by atoms with E-state index < -0.39 is 0 Å². The third-order valence-electron chi connectivity index (χ3n) is 5.19. The van der Waals surface area contributed by atoms with Gasteiger partial charge >= 0.3 is 0 Å². The fourth-order valence-corrected chi connectivity index (χ4v) is 4.05. The van der Waals surface area contributed by atoms with E-state index in [4.69, 9.17) is 31.2 Å². The summed E-state index contributed by atoms with van der Waals surface area (Å²) in [6.07, 6.45) is 2.10. The Labute approximate surface area is 170 Å². The van der Waals surface area contributed by atoms with Gasteiger partial charge in [0.25, 0.3) is 0 Å². The van der Waals surface area contributed by atoms with Gasteiger partial charge in [0.05, 0.1) is 20.3 Å². The number of likely N-dealkylation sites (tertiary alicyclic amines) is 1. The Morgan fingerprint density at radius 2 is 2.00 bits per heavy atom. The smallest absolute Gasteiger partial charge is 0.231 e. The van der Waals surface area contributed by atoms with Crippen molar-refractivity contribution < 1.29 is 18.9 Å². The average Bonchev–Trinajstić information content (AvgIpc) is 3.40. The lowest BCUT2D eigenvalue weighted by atomic mass is 10.0. The topological polar surface area (TPSA) is 52.2 Å². The number of nitrogens with one attached hydrogen (secondary N) is 1. The molecule has 4 rings (SSSR count). The van der Waals surface area contributed by atoms with Crippen molar-refractivity contribution in [1.29, 1.82) is 0 Å². The van der Waals surface area contributed by atoms with Crippen molar-refractivity contribution >= 4 is 17.3 Å². The molecule has 0 saturated carbocycles. The van der Waals surface area contributed by atoms with Gasteiger partial charge in [0, 0.05) is 18.7 Å². The van der Waals surface area contributed by atoms with E-state index in [0.717, 1.165) is 58.6 Å². The lowest BCUT2D eigenvalue weighted by Gasteiger charge is -2.29. The van der Waals surface area contributed by atoms with Crippen molar-refractivity contribution in [1.82, 2.24) is 10.2 Å². The van der Waals surface area contributed by atoms with Crippen LogP contribution in [0.1, 0.15) is 30.0 Å². The molecule has 1 N–H and O–H groups in total. The quantitative estimate of drug-likeness (QED) is 0.769. The third kappa shape index (κ3) is 3.67. The minimum absolute atomic E-state index is 0.168. The summed E-state index contributed by atoms with van der Waals surface area (Å²) in [5.41, 5.74) is 2.20. The first-order valence-corrected chi connectivity index (χ1v) is 9.75. The molecule has 0 aliphatic carbocycles. The van der Waals surface area contributed by atoms with E-state index in [1.54, 1.807) is 14.2 Å². The molecule has 7 heteroatoms. The van der Waals surface area contributed by atoms with Crippen molar-refractivity contribution in [3.63, 3.8) is 0 Å². The Balaban J connectivity index is 1.46. The average molecular weight is 401 g/mol. The fraction of sp³-hybridized carbons (Fsp3) is 0.381. The van der Waals surface area contributed by atoms with Gasteiger partial charge in [-0.05, 0) is 61.0 Å². The maximum atomic E-state index is 5.72. The summed E-state index contributed by atoms with van der Waals surface area (Å²) >= 11 is 5.72. The van der Waals surface area contributed by atoms with E-state index >= 15 is 0 Å². The summed E-state index contributed by atoms with van der Waals surface area (Å²) in [7, 11) is 3.37. The monoisotopic (exact) mass is 400 g/mol. The zero-order valence-electron chi connectivity index (χ0n) is 16.1. The van der Waals surface area contributed by atoms with Crippen LogP contribution in [0.2, 0.25) is 0 Å². The number of benzene rings is 2. The molecule has 2 aromatic rings. The highest BCUT2D eigenvalue weighted by molar-refractivity contribution is 7.80. The lowest BCUT2D eigenvalue weighted by molar-refractivity contribution is 0.174. The first kappa shape index (κ1) is 18.7. The van der Waals surface area contributed by atoms with E-state index in [0.29, 0.717) is 6.54 Å². The van der Waals surface area contributed by atoms with Gasteiger partial charge in [-0.1, -0.05) is 6.07 Å². The van der Waals surface area contributed by atoms with Crippen LogP contribution >= 0.6 is 12.2 Å². The van der Waals surface area contributed by atoms with Crippen LogP contribution in [0.5, 0.6) is 23.0 Å². The Bertz CT molecular complexity index is 873. The molecule has 1 fully saturated rings. The summed E-state index contributed by atoms with van der Waals surface area (Å²) in [4.78, 5) is 2.24. The normalized spacial score (nSPS) is 17.5. The minimum atomic E-state index is 0.168. The van der Waals surface area contributed by atoms with E-state index in [-0.39, 0.29) is 12.8 Å². The molecule has 0 radical (unpaired) electrons. The fourth-order valence-electron chi connectivity index (χ4n) is 3.76. The van der Waals surface area contributed by atoms with Crippen molar-refractivity contribution in [3.05, 3.63) is 47.5 Å². The predicted octanol–water partition coefficient (Wildman–Crippen LogP) is 3.64. The van der Waals surface area contributed by atoms with Gasteiger partial charge in [0.2, 0.25) is 6.79 Å². The van der Waals surface area contributed by atoms with Gasteiger partial charge in [0.1, 0.15) is 11.5 Å². The molecule has 6 nitrogen and oxygen atoms in total. The second-order valence-electron chi connectivity index (χ2n) is 6.81. The van der Waals surface area contributed by atoms with Crippen LogP contribution in [0, 0.1) is 0 Å². The van der Waals surface area contributed by atoms with Gasteiger partial charge in [-0.15, -0.1) is 0 Å². The molecule has 0 unspecified atom stereocenters. The molecule has 0 aromatic heterocycles. The zero-order chi connectivity index (χ0) is 19.5. The second kappa shape index (κ2) is 8.14. The molecule has 148 valence electrons. The summed E-state index contributed by atoms with van der Waals surface area (Å²) in [6, 6.07) is 12.0. The van der Waals surface area contributed by atoms with Crippen molar-refractivity contribution in [2.45, 2.75) is 25.4 Å². The van der Waals surface area contributed by atoms with Gasteiger partial charge in [0.15, 0.2) is 16.6 Å². The summed E-state index contributed by atoms with van der Waals surface area (Å²) in [6.45, 7) is 1.83. The number of methoxy groups -OCH3 is 2. The van der Waals surface area contributed by atoms with Crippen molar-refractivity contribution in [3.8, 4) is 23.0 Å². The van der Waals surface area contributed by atoms with Crippen LogP contribution in [0.25, 0.3) is 0 Å². The maximum Gasteiger partial charge on any atom is 0.231 e. The second-order valence-corrected chi connectivity index (χ2v) is 7.19. The first-order chi connectivity index (χ1) is 13.7. The third-order valence-corrected chi connectivity index (χ3v) is 5.57. The summed E-state index contributed by atoms with van der Waals surface area (Å²) in [5, 5.41) is 4.13. The largest absolute Gasteiger partial charge is 0.497 e. The van der Waals surface area contributed by atoms with Gasteiger partial charge in [-0.25, -0.2) is 0 Å². The molecule has 0 bridgehead atoms. The highest BCUT2D eigenvalue weighted by Crippen LogP contribution is 2.39. The van der Waals surface area contributed by atoms with Crippen molar-refractivity contribution in [2.24, 2.45) is 0 Å². The van der Waals surface area contributed by atoms with E-state index in [1.165, 1.54) is 0 Å². The van der Waals surface area contributed by atoms with Crippen LogP contribution in [0.3, 0.4) is 0 Å². The molecular weight excluding hydrogens is 376 g/mol. The molecule has 2 aliphatic heterocycles. The number of thiocarbonyl (C=S) groups is 1. The molecule has 1 atom stereocenters. The lowest BCUT2D eigenvalue weighted by Crippen LogP contribution is -2.39. The Morgan fingerprint density at radius 1 is 1.14 bits per heavy atom. The summed E-state index contributed by atoms with van der Waals surface area (Å²) < 4.78 is 21.8. The SMILES string of the molecule is COc1ccc(OC)c([C@H]2CCCN2C(=S)NCc2ccc3c(c2)OCO3)c1. The Hall–Kier alpha value is -2.67. The maximum absolute atomic E-state index is 5.72. The summed E-state index contributed by atoms with van der Waals surface area (Å²) in [5.74, 6) is 3.25. The van der Waals surface area contributed by atoms with Crippen LogP contribution < -0.4 is 24.3 Å². The standard InChI is InChI=1S/C21H24N2O4S/c1-24-15-6-8-18(25-2)16(11-15)17-4-3-9-23(17)21(28)22-12-14-5-7-19-20(10-14)27-13-26-19/h5-8,10-11,17H,3-4,9,12-13H2,1-2H3,(H,22,28)/t17-/m1/s1. The number of fused-ring (bicyclic) bond motifs is 1. The van der Waals surface area contributed by atoms with E-state index in [9.17, 15) is 0 Å². The number of rotatable bonds is 5. The van der Waals surface area contributed by atoms with Gasteiger partial charge in [-0.2, -0.15) is 0 Å². The molecule has 0 spiro atoms. The van der Waals surface area contributed by atoms with E-state index in [2.05, 4.69) is 10.2 Å². The van der Waals surface area contributed by atoms with Gasteiger partial charge < -0.3 is 29.2 Å². The molecule has 2 heterocycles. The van der Waals surface area contributed by atoms with Crippen LogP contribution in [-0.4, -0.2) is 37.6 Å². The Morgan fingerprint density at radius 3 is 2.82 bits per heavy atom. The first-order valence-electron chi connectivity index (χ1n) is 9.34. The van der Waals surface area contributed by atoms with Gasteiger partial charge in [-0.3, -0.25) is 0 Å². The number of hydrogen-bond donors (Lipinski definition) is 1. The minimum Gasteiger partial charge on any atom is -0.497 e. The molecule has 28 heavy (non-hydrogen) atoms. The predicted molar refractivity (Wildman–Crippen MR) is 110 cm³/mol. The van der Waals surface area contributed by atoms with E-state index in [1.807, 2.05) is 36.4 Å². The molecule has 2 aromatic carbocycles. The molecular formula is C21H24N2O4S. The number of ether oxygens (including phenoxy) is 4. The molecule has 2 aliphatic rings. The highest BCUT2D eigenvalue weighted by Gasteiger charge is 2.30. The number of nitrogens with zero attached hydrogens (tertiary/aromatic N) is 1. The van der Waals surface area contributed by atoms with Crippen LogP contribution in [-0.2, 0) is 6.54 Å². The van der Waals surface area contributed by atoms with Crippen LogP contribution in [0.4, 0.5) is 0 Å².